The van der Waals surface area contributed by atoms with Crippen molar-refractivity contribution in [3.05, 3.63) is 29.8 Å². The van der Waals surface area contributed by atoms with E-state index in [4.69, 9.17) is 0 Å². The molecule has 0 radical (unpaired) electrons. The van der Waals surface area contributed by atoms with E-state index in [1.54, 1.807) is 0 Å². The molecule has 3 N–H and O–H groups in total. The van der Waals surface area contributed by atoms with Crippen LogP contribution < -0.4 is 4.90 Å². The molecule has 4 aliphatic carbocycles. The highest BCUT2D eigenvalue weighted by molar-refractivity contribution is 5.47. The van der Waals surface area contributed by atoms with Crippen LogP contribution in [0.15, 0.2) is 24.3 Å². The SMILES string of the molecule is CN(C)c1ccc([C@H]2CC[C@]3(O)[C@@H]4[C@H](O)C[C@@H]5C[C@@H](O)CC[C@]5(C)[C@H]4CC[C@]23C)cc1. The Bertz CT molecular complexity index is 824. The molecule has 1 aromatic rings. The van der Waals surface area contributed by atoms with Crippen LogP contribution >= 0.6 is 0 Å². The lowest BCUT2D eigenvalue weighted by atomic mass is 9.42. The predicted octanol–water partition coefficient (Wildman–Crippen LogP) is 4.33. The quantitative estimate of drug-likeness (QED) is 0.658. The number of hydrogen-bond donors (Lipinski definition) is 3. The van der Waals surface area contributed by atoms with E-state index >= 15 is 0 Å². The van der Waals surface area contributed by atoms with Crippen molar-refractivity contribution in [2.75, 3.05) is 19.0 Å². The first-order valence-corrected chi connectivity index (χ1v) is 12.5. The molecule has 0 bridgehead atoms. The van der Waals surface area contributed by atoms with Gasteiger partial charge in [-0.3, -0.25) is 0 Å². The van der Waals surface area contributed by atoms with Crippen molar-refractivity contribution in [3.63, 3.8) is 0 Å². The molecule has 172 valence electrons. The summed E-state index contributed by atoms with van der Waals surface area (Å²) in [7, 11) is 4.13. The molecule has 0 heterocycles. The molecule has 0 saturated heterocycles. The van der Waals surface area contributed by atoms with E-state index in [2.05, 4.69) is 57.1 Å². The van der Waals surface area contributed by atoms with Gasteiger partial charge in [0.15, 0.2) is 0 Å². The highest BCUT2D eigenvalue weighted by Gasteiger charge is 2.69. The standard InChI is InChI=1S/C27H41NO3/c1-25-12-9-20(29)15-18(25)16-23(30)24-22(25)10-13-26(2)21(11-14-27(24,26)31)17-5-7-19(8-6-17)28(3)4/h5-8,18,20-24,29-31H,9-16H2,1-4H3/t18-,20-,21+,22-,23+,24-,25-,26+,27-/m0/s1. The zero-order valence-electron chi connectivity index (χ0n) is 19.7. The number of benzene rings is 1. The first-order chi connectivity index (χ1) is 14.6. The number of fused-ring (bicyclic) bond motifs is 5. The molecule has 4 fully saturated rings. The van der Waals surface area contributed by atoms with Gasteiger partial charge in [-0.05, 0) is 92.2 Å². The summed E-state index contributed by atoms with van der Waals surface area (Å²) < 4.78 is 0. The molecule has 0 aromatic heterocycles. The summed E-state index contributed by atoms with van der Waals surface area (Å²) in [5, 5.41) is 34.0. The zero-order chi connectivity index (χ0) is 22.2. The summed E-state index contributed by atoms with van der Waals surface area (Å²) in [6.45, 7) is 4.69. The van der Waals surface area contributed by atoms with Gasteiger partial charge in [-0.15, -0.1) is 0 Å². The Morgan fingerprint density at radius 1 is 0.903 bits per heavy atom. The molecule has 0 amide bonds. The van der Waals surface area contributed by atoms with Gasteiger partial charge in [0.2, 0.25) is 0 Å². The molecular weight excluding hydrogens is 386 g/mol. The van der Waals surface area contributed by atoms with Gasteiger partial charge in [-0.2, -0.15) is 0 Å². The summed E-state index contributed by atoms with van der Waals surface area (Å²) in [6, 6.07) is 8.88. The van der Waals surface area contributed by atoms with E-state index in [0.717, 1.165) is 51.4 Å². The predicted molar refractivity (Wildman–Crippen MR) is 124 cm³/mol. The molecule has 31 heavy (non-hydrogen) atoms. The number of aliphatic hydroxyl groups excluding tert-OH is 2. The molecule has 4 saturated carbocycles. The number of aliphatic hydroxyl groups is 3. The molecule has 5 rings (SSSR count). The van der Waals surface area contributed by atoms with Crippen LogP contribution in [0.1, 0.15) is 76.7 Å². The van der Waals surface area contributed by atoms with Crippen molar-refractivity contribution < 1.29 is 15.3 Å². The van der Waals surface area contributed by atoms with Gasteiger partial charge in [0.1, 0.15) is 0 Å². The molecule has 4 nitrogen and oxygen atoms in total. The van der Waals surface area contributed by atoms with E-state index in [0.29, 0.717) is 17.8 Å². The van der Waals surface area contributed by atoms with Gasteiger partial charge in [0, 0.05) is 31.1 Å². The second kappa shape index (κ2) is 7.20. The van der Waals surface area contributed by atoms with Crippen molar-refractivity contribution in [3.8, 4) is 0 Å². The van der Waals surface area contributed by atoms with Gasteiger partial charge in [0.25, 0.3) is 0 Å². The first-order valence-electron chi connectivity index (χ1n) is 12.5. The van der Waals surface area contributed by atoms with E-state index in [-0.39, 0.29) is 22.9 Å². The topological polar surface area (TPSA) is 63.9 Å². The lowest BCUT2D eigenvalue weighted by molar-refractivity contribution is -0.238. The third-order valence-electron chi connectivity index (χ3n) is 10.6. The van der Waals surface area contributed by atoms with Gasteiger partial charge in [-0.1, -0.05) is 26.0 Å². The van der Waals surface area contributed by atoms with E-state index < -0.39 is 11.7 Å². The van der Waals surface area contributed by atoms with Gasteiger partial charge in [-0.25, -0.2) is 0 Å². The maximum absolute atomic E-state index is 12.3. The van der Waals surface area contributed by atoms with Crippen LogP contribution in [0.2, 0.25) is 0 Å². The minimum absolute atomic E-state index is 0.0474. The van der Waals surface area contributed by atoms with Crippen LogP contribution in [0, 0.1) is 28.6 Å². The highest BCUT2D eigenvalue weighted by atomic mass is 16.3. The smallest absolute Gasteiger partial charge is 0.0762 e. The Labute approximate surface area is 187 Å². The lowest BCUT2D eigenvalue weighted by Gasteiger charge is -2.64. The second-order valence-electron chi connectivity index (χ2n) is 12.0. The summed E-state index contributed by atoms with van der Waals surface area (Å²) >= 11 is 0. The largest absolute Gasteiger partial charge is 0.393 e. The van der Waals surface area contributed by atoms with Gasteiger partial charge < -0.3 is 20.2 Å². The van der Waals surface area contributed by atoms with Crippen LogP contribution in [0.3, 0.4) is 0 Å². The average molecular weight is 428 g/mol. The fourth-order valence-corrected chi connectivity index (χ4v) is 8.73. The maximum Gasteiger partial charge on any atom is 0.0762 e. The Balaban J connectivity index is 1.48. The minimum atomic E-state index is -0.815. The third-order valence-corrected chi connectivity index (χ3v) is 10.6. The van der Waals surface area contributed by atoms with Crippen molar-refractivity contribution in [1.82, 2.24) is 0 Å². The number of nitrogens with zero attached hydrogens (tertiary/aromatic N) is 1. The van der Waals surface area contributed by atoms with E-state index in [9.17, 15) is 15.3 Å². The third kappa shape index (κ3) is 2.97. The van der Waals surface area contributed by atoms with Crippen molar-refractivity contribution in [2.45, 2.75) is 88.9 Å². The summed E-state index contributed by atoms with van der Waals surface area (Å²) in [5.74, 6) is 1.01. The van der Waals surface area contributed by atoms with Crippen LogP contribution in [0.5, 0.6) is 0 Å². The minimum Gasteiger partial charge on any atom is -0.393 e. The number of anilines is 1. The molecule has 9 atom stereocenters. The average Bonchev–Trinajstić information content (AvgIpc) is 3.00. The fraction of sp³-hybridized carbons (Fsp3) is 0.778. The molecular formula is C27H41NO3. The molecule has 4 heteroatoms. The molecule has 1 aromatic carbocycles. The molecule has 4 aliphatic rings. The summed E-state index contributed by atoms with van der Waals surface area (Å²) in [4.78, 5) is 2.12. The van der Waals surface area contributed by atoms with Crippen LogP contribution in [-0.2, 0) is 0 Å². The normalized spacial score (nSPS) is 49.1. The monoisotopic (exact) mass is 427 g/mol. The molecule has 0 aliphatic heterocycles. The number of hydrogen-bond acceptors (Lipinski definition) is 4. The van der Waals surface area contributed by atoms with Crippen molar-refractivity contribution >= 4 is 5.69 Å². The molecule has 0 spiro atoms. The van der Waals surface area contributed by atoms with Crippen LogP contribution in [-0.4, -0.2) is 47.2 Å². The Morgan fingerprint density at radius 2 is 1.61 bits per heavy atom. The maximum atomic E-state index is 12.3. The summed E-state index contributed by atoms with van der Waals surface area (Å²) in [6.07, 6.45) is 6.61. The second-order valence-corrected chi connectivity index (χ2v) is 12.0. The Hall–Kier alpha value is -1.10. The zero-order valence-corrected chi connectivity index (χ0v) is 19.7. The Kier molecular flexibility index (Phi) is 5.05. The van der Waals surface area contributed by atoms with E-state index in [1.165, 1.54) is 11.3 Å². The molecule has 0 unspecified atom stereocenters. The van der Waals surface area contributed by atoms with Gasteiger partial charge in [0.05, 0.1) is 17.8 Å². The Morgan fingerprint density at radius 3 is 2.29 bits per heavy atom. The lowest BCUT2D eigenvalue weighted by Crippen LogP contribution is -2.66. The first kappa shape index (κ1) is 21.7. The van der Waals surface area contributed by atoms with Crippen LogP contribution in [0.4, 0.5) is 5.69 Å². The van der Waals surface area contributed by atoms with Crippen molar-refractivity contribution in [2.24, 2.45) is 28.6 Å². The van der Waals surface area contributed by atoms with Crippen molar-refractivity contribution in [1.29, 1.82) is 0 Å². The van der Waals surface area contributed by atoms with E-state index in [1.807, 2.05) is 0 Å². The van der Waals surface area contributed by atoms with Crippen LogP contribution in [0.25, 0.3) is 0 Å². The highest BCUT2D eigenvalue weighted by Crippen LogP contribution is 2.70. The fourth-order valence-electron chi connectivity index (χ4n) is 8.73. The summed E-state index contributed by atoms with van der Waals surface area (Å²) in [5.41, 5.74) is 1.65. The van der Waals surface area contributed by atoms with Gasteiger partial charge >= 0.3 is 0 Å². The number of rotatable bonds is 2.